The number of allylic oxidation sites excluding steroid dienone is 3. The predicted octanol–water partition coefficient (Wildman–Crippen LogP) is 2.24. The van der Waals surface area contributed by atoms with E-state index in [1.54, 1.807) is 0 Å². The van der Waals surface area contributed by atoms with Crippen LogP contribution in [0.25, 0.3) is 0 Å². The second-order valence-corrected chi connectivity index (χ2v) is 6.49. The van der Waals surface area contributed by atoms with Crippen molar-refractivity contribution in [2.24, 2.45) is 5.73 Å². The molecule has 140 valence electrons. The molecule has 0 saturated carbocycles. The molecule has 7 nitrogen and oxygen atoms in total. The van der Waals surface area contributed by atoms with Gasteiger partial charge in [-0.25, -0.2) is 5.01 Å². The zero-order chi connectivity index (χ0) is 19.6. The third-order valence-corrected chi connectivity index (χ3v) is 4.71. The highest BCUT2D eigenvalue weighted by molar-refractivity contribution is 5.99. The van der Waals surface area contributed by atoms with E-state index in [0.717, 1.165) is 11.3 Å². The molecule has 27 heavy (non-hydrogen) atoms. The number of carbonyl (C=O) groups is 2. The maximum Gasteiger partial charge on any atom is 0.235 e. The molecule has 1 aliphatic carbocycles. The van der Waals surface area contributed by atoms with Gasteiger partial charge in [0.05, 0.1) is 24.2 Å². The summed E-state index contributed by atoms with van der Waals surface area (Å²) >= 11 is 0. The molecule has 0 saturated heterocycles. The molecule has 1 amide bonds. The zero-order valence-electron chi connectivity index (χ0n) is 15.4. The van der Waals surface area contributed by atoms with Crippen molar-refractivity contribution in [2.45, 2.75) is 39.0 Å². The van der Waals surface area contributed by atoms with Crippen LogP contribution in [0.1, 0.15) is 44.6 Å². The van der Waals surface area contributed by atoms with Crippen LogP contribution in [0.3, 0.4) is 0 Å². The number of nitrogens with two attached hydrogens (primary N) is 1. The van der Waals surface area contributed by atoms with Crippen LogP contribution in [0.4, 0.5) is 0 Å². The van der Waals surface area contributed by atoms with Crippen LogP contribution in [0, 0.1) is 11.3 Å². The van der Waals surface area contributed by atoms with Crippen molar-refractivity contribution in [3.05, 3.63) is 52.5 Å². The summed E-state index contributed by atoms with van der Waals surface area (Å²) in [5, 5.41) is 11.2. The first-order chi connectivity index (χ1) is 13.0. The van der Waals surface area contributed by atoms with Crippen LogP contribution in [0.15, 0.2) is 46.9 Å². The van der Waals surface area contributed by atoms with Crippen molar-refractivity contribution in [1.82, 2.24) is 10.4 Å². The Morgan fingerprint density at radius 1 is 1.37 bits per heavy atom. The molecular formula is C20H22N4O3. The highest BCUT2D eigenvalue weighted by atomic mass is 16.5. The number of carbonyl (C=O) groups excluding carboxylic acids is 2. The smallest absolute Gasteiger partial charge is 0.235 e. The first-order valence-electron chi connectivity index (χ1n) is 8.94. The lowest BCUT2D eigenvalue weighted by Crippen LogP contribution is -2.47. The fraction of sp³-hybridized carbons (Fsp3) is 0.350. The Morgan fingerprint density at radius 3 is 2.67 bits per heavy atom. The van der Waals surface area contributed by atoms with Crippen molar-refractivity contribution in [3.63, 3.8) is 0 Å². The van der Waals surface area contributed by atoms with Gasteiger partial charge in [-0.1, -0.05) is 12.1 Å². The summed E-state index contributed by atoms with van der Waals surface area (Å²) in [5.41, 5.74) is 11.1. The van der Waals surface area contributed by atoms with E-state index in [2.05, 4.69) is 11.5 Å². The number of nitrogens with one attached hydrogen (secondary N) is 1. The number of ketones is 1. The third-order valence-electron chi connectivity index (χ3n) is 4.71. The number of hydrogen-bond donors (Lipinski definition) is 2. The van der Waals surface area contributed by atoms with Gasteiger partial charge >= 0.3 is 0 Å². The second kappa shape index (κ2) is 7.54. The number of ether oxygens (including phenoxy) is 1. The number of nitrogens with zero attached hydrogens (tertiary/aromatic N) is 2. The lowest BCUT2D eigenvalue weighted by atomic mass is 9.76. The minimum atomic E-state index is -0.543. The molecule has 3 N–H and O–H groups in total. The van der Waals surface area contributed by atoms with E-state index in [9.17, 15) is 14.9 Å². The van der Waals surface area contributed by atoms with Gasteiger partial charge in [-0.15, -0.1) is 0 Å². The fourth-order valence-corrected chi connectivity index (χ4v) is 3.63. The van der Waals surface area contributed by atoms with Crippen molar-refractivity contribution < 1.29 is 14.3 Å². The lowest BCUT2D eigenvalue weighted by molar-refractivity contribution is -0.123. The monoisotopic (exact) mass is 366 g/mol. The number of hydrogen-bond acceptors (Lipinski definition) is 6. The van der Waals surface area contributed by atoms with E-state index in [1.165, 1.54) is 11.9 Å². The number of amides is 1. The largest absolute Gasteiger partial charge is 0.494 e. The van der Waals surface area contributed by atoms with Crippen LogP contribution >= 0.6 is 0 Å². The number of benzene rings is 1. The summed E-state index contributed by atoms with van der Waals surface area (Å²) in [6.45, 7) is 3.82. The quantitative estimate of drug-likeness (QED) is 0.846. The van der Waals surface area contributed by atoms with Crippen LogP contribution in [0.2, 0.25) is 0 Å². The van der Waals surface area contributed by atoms with Gasteiger partial charge in [-0.3, -0.25) is 15.0 Å². The van der Waals surface area contributed by atoms with Crippen molar-refractivity contribution in [1.29, 1.82) is 5.26 Å². The maximum absolute atomic E-state index is 12.8. The van der Waals surface area contributed by atoms with Crippen LogP contribution < -0.4 is 15.9 Å². The molecule has 1 unspecified atom stereocenters. The van der Waals surface area contributed by atoms with E-state index in [-0.39, 0.29) is 23.1 Å². The Balaban J connectivity index is 2.14. The van der Waals surface area contributed by atoms with Gasteiger partial charge in [0.25, 0.3) is 0 Å². The SMILES string of the molecule is CCOc1ccc(C2C(C#N)=C(N)N(NC(C)=O)C3=C2C(=O)CCC3)cc1. The van der Waals surface area contributed by atoms with E-state index in [1.807, 2.05) is 31.2 Å². The molecule has 1 heterocycles. The highest BCUT2D eigenvalue weighted by Crippen LogP contribution is 2.44. The van der Waals surface area contributed by atoms with E-state index in [4.69, 9.17) is 10.5 Å². The maximum atomic E-state index is 12.8. The standard InChI is InChI=1S/C20H22N4O3/c1-3-27-14-9-7-13(8-10-14)18-15(11-21)20(22)24(23-12(2)25)16-5-4-6-17(26)19(16)18/h7-10,18H,3-6,22H2,1-2H3,(H,23,25). The molecule has 2 aliphatic rings. The van der Waals surface area contributed by atoms with Gasteiger partial charge in [-0.2, -0.15) is 5.26 Å². The Labute approximate surface area is 158 Å². The summed E-state index contributed by atoms with van der Waals surface area (Å²) in [4.78, 5) is 24.4. The normalized spacial score (nSPS) is 19.5. The molecule has 1 aromatic rings. The minimum absolute atomic E-state index is 0.0225. The topological polar surface area (TPSA) is 108 Å². The molecule has 1 aromatic carbocycles. The predicted molar refractivity (Wildman–Crippen MR) is 98.7 cm³/mol. The summed E-state index contributed by atoms with van der Waals surface area (Å²) in [6, 6.07) is 9.47. The zero-order valence-corrected chi connectivity index (χ0v) is 15.4. The molecule has 0 spiro atoms. The number of rotatable bonds is 4. The second-order valence-electron chi connectivity index (χ2n) is 6.49. The number of Topliss-reactive ketones (excluding diaryl/α,β-unsaturated/α-hetero) is 1. The summed E-state index contributed by atoms with van der Waals surface area (Å²) in [5.74, 6) is -0.0135. The van der Waals surface area contributed by atoms with Gasteiger partial charge in [0, 0.05) is 24.6 Å². The number of hydrazine groups is 1. The van der Waals surface area contributed by atoms with E-state index >= 15 is 0 Å². The highest BCUT2D eigenvalue weighted by Gasteiger charge is 2.40. The van der Waals surface area contributed by atoms with E-state index < -0.39 is 5.92 Å². The summed E-state index contributed by atoms with van der Waals surface area (Å²) < 4.78 is 5.47. The van der Waals surface area contributed by atoms with Gasteiger partial charge in [0.1, 0.15) is 11.6 Å². The molecule has 1 aliphatic heterocycles. The Morgan fingerprint density at radius 2 is 2.07 bits per heavy atom. The van der Waals surface area contributed by atoms with Gasteiger partial charge in [0.15, 0.2) is 5.78 Å². The van der Waals surface area contributed by atoms with Gasteiger partial charge in [-0.05, 0) is 37.5 Å². The van der Waals surface area contributed by atoms with Crippen LogP contribution in [-0.4, -0.2) is 23.3 Å². The van der Waals surface area contributed by atoms with Crippen LogP contribution in [0.5, 0.6) is 5.75 Å². The van der Waals surface area contributed by atoms with E-state index in [0.29, 0.717) is 37.1 Å². The summed E-state index contributed by atoms with van der Waals surface area (Å²) in [6.07, 6.45) is 1.70. The van der Waals surface area contributed by atoms with Gasteiger partial charge in [0.2, 0.25) is 5.91 Å². The lowest BCUT2D eigenvalue weighted by Gasteiger charge is -2.39. The molecule has 7 heteroatoms. The van der Waals surface area contributed by atoms with Gasteiger partial charge < -0.3 is 10.5 Å². The molecule has 0 fully saturated rings. The average molecular weight is 366 g/mol. The fourth-order valence-electron chi connectivity index (χ4n) is 3.63. The van der Waals surface area contributed by atoms with Crippen molar-refractivity contribution >= 4 is 11.7 Å². The average Bonchev–Trinajstić information content (AvgIpc) is 2.64. The molecule has 0 bridgehead atoms. The molecule has 3 rings (SSSR count). The third kappa shape index (κ3) is 3.38. The minimum Gasteiger partial charge on any atom is -0.494 e. The molecular weight excluding hydrogens is 344 g/mol. The van der Waals surface area contributed by atoms with Crippen molar-refractivity contribution in [2.75, 3.05) is 6.61 Å². The summed E-state index contributed by atoms with van der Waals surface area (Å²) in [7, 11) is 0. The Bertz CT molecular complexity index is 877. The first kappa shape index (κ1) is 18.5. The molecule has 0 radical (unpaired) electrons. The van der Waals surface area contributed by atoms with Crippen molar-refractivity contribution in [3.8, 4) is 11.8 Å². The Hall–Kier alpha value is -3.27. The Kier molecular flexibility index (Phi) is 5.17. The molecule has 0 aromatic heterocycles. The first-order valence-corrected chi connectivity index (χ1v) is 8.94. The van der Waals surface area contributed by atoms with Crippen LogP contribution in [-0.2, 0) is 9.59 Å². The molecule has 1 atom stereocenters. The number of nitriles is 1.